The molecule has 0 saturated carbocycles. The molecule has 20 heavy (non-hydrogen) atoms. The maximum Gasteiger partial charge on any atom is 0.154 e. The summed E-state index contributed by atoms with van der Waals surface area (Å²) in [6, 6.07) is 0.637. The molecule has 1 saturated heterocycles. The van der Waals surface area contributed by atoms with Gasteiger partial charge >= 0.3 is 0 Å². The first-order valence-corrected chi connectivity index (χ1v) is 7.98. The van der Waals surface area contributed by atoms with E-state index < -0.39 is 0 Å². The lowest BCUT2D eigenvalue weighted by atomic mass is 9.95. The van der Waals surface area contributed by atoms with Gasteiger partial charge in [-0.25, -0.2) is 9.67 Å². The fourth-order valence-corrected chi connectivity index (χ4v) is 3.48. The van der Waals surface area contributed by atoms with E-state index in [0.717, 1.165) is 57.0 Å². The maximum atomic E-state index is 9.47. The summed E-state index contributed by atoms with van der Waals surface area (Å²) in [6.07, 6.45) is 4.46. The number of aromatic nitrogens is 3. The summed E-state index contributed by atoms with van der Waals surface area (Å²) >= 11 is 0. The molecule has 1 N–H and O–H groups in total. The van der Waals surface area contributed by atoms with E-state index in [9.17, 15) is 5.11 Å². The third-order valence-corrected chi connectivity index (χ3v) is 4.85. The van der Waals surface area contributed by atoms with Crippen molar-refractivity contribution in [2.75, 3.05) is 19.7 Å². The lowest BCUT2D eigenvalue weighted by molar-refractivity contribution is 0.169. The van der Waals surface area contributed by atoms with E-state index in [1.807, 2.05) is 4.68 Å². The number of aliphatic hydroxyl groups excluding tert-OH is 1. The Balaban J connectivity index is 1.71. The second-order valence-electron chi connectivity index (χ2n) is 6.48. The summed E-state index contributed by atoms with van der Waals surface area (Å²) in [5.41, 5.74) is 0. The topological polar surface area (TPSA) is 54.2 Å². The van der Waals surface area contributed by atoms with Crippen molar-refractivity contribution in [2.24, 2.45) is 0 Å². The number of hydrogen-bond donors (Lipinski definition) is 1. The van der Waals surface area contributed by atoms with Gasteiger partial charge in [0.05, 0.1) is 6.61 Å². The van der Waals surface area contributed by atoms with Crippen LogP contribution in [-0.4, -0.2) is 50.5 Å². The van der Waals surface area contributed by atoms with E-state index in [1.54, 1.807) is 0 Å². The van der Waals surface area contributed by atoms with Gasteiger partial charge in [0.2, 0.25) is 0 Å². The van der Waals surface area contributed by atoms with E-state index in [0.29, 0.717) is 12.0 Å². The third kappa shape index (κ3) is 2.61. The van der Waals surface area contributed by atoms with Gasteiger partial charge < -0.3 is 10.0 Å². The van der Waals surface area contributed by atoms with Crippen LogP contribution in [0.2, 0.25) is 0 Å². The smallest absolute Gasteiger partial charge is 0.154 e. The molecule has 3 heterocycles. The van der Waals surface area contributed by atoms with E-state index in [4.69, 9.17) is 10.1 Å². The first kappa shape index (κ1) is 14.0. The van der Waals surface area contributed by atoms with Crippen LogP contribution in [-0.2, 0) is 6.54 Å². The van der Waals surface area contributed by atoms with Crippen molar-refractivity contribution in [1.29, 1.82) is 0 Å². The Bertz CT molecular complexity index is 449. The van der Waals surface area contributed by atoms with Gasteiger partial charge in [-0.05, 0) is 52.6 Å². The van der Waals surface area contributed by atoms with Crippen LogP contribution in [0, 0.1) is 0 Å². The Labute approximate surface area is 121 Å². The molecule has 5 heteroatoms. The molecule has 2 aliphatic rings. The lowest BCUT2D eigenvalue weighted by Crippen LogP contribution is -2.38. The Hall–Kier alpha value is -0.940. The van der Waals surface area contributed by atoms with E-state index >= 15 is 0 Å². The predicted molar refractivity (Wildman–Crippen MR) is 77.8 cm³/mol. The summed E-state index contributed by atoms with van der Waals surface area (Å²) in [6.45, 7) is 7.98. The minimum Gasteiger partial charge on any atom is -0.396 e. The van der Waals surface area contributed by atoms with Crippen molar-refractivity contribution in [3.63, 3.8) is 0 Å². The molecule has 2 aliphatic heterocycles. The van der Waals surface area contributed by atoms with Gasteiger partial charge in [0.1, 0.15) is 5.82 Å². The number of hydrogen-bond acceptors (Lipinski definition) is 4. The molecule has 0 radical (unpaired) electrons. The Morgan fingerprint density at radius 2 is 1.95 bits per heavy atom. The van der Waals surface area contributed by atoms with Crippen molar-refractivity contribution in [2.45, 2.75) is 64.0 Å². The second kappa shape index (κ2) is 5.82. The lowest BCUT2D eigenvalue weighted by Gasteiger charge is -2.33. The second-order valence-corrected chi connectivity index (χ2v) is 6.48. The third-order valence-electron chi connectivity index (χ3n) is 4.85. The first-order chi connectivity index (χ1) is 9.69. The van der Waals surface area contributed by atoms with Crippen LogP contribution in [0.5, 0.6) is 0 Å². The monoisotopic (exact) mass is 278 g/mol. The van der Waals surface area contributed by atoms with Gasteiger partial charge in [-0.3, -0.25) is 0 Å². The van der Waals surface area contributed by atoms with E-state index in [1.165, 1.54) is 0 Å². The number of rotatable bonds is 3. The molecule has 1 fully saturated rings. The van der Waals surface area contributed by atoms with Crippen LogP contribution in [0.15, 0.2) is 0 Å². The van der Waals surface area contributed by atoms with Crippen molar-refractivity contribution in [3.8, 4) is 0 Å². The van der Waals surface area contributed by atoms with Crippen LogP contribution < -0.4 is 0 Å². The summed E-state index contributed by atoms with van der Waals surface area (Å²) in [7, 11) is 0. The number of piperidine rings is 1. The minimum atomic E-state index is 0.195. The van der Waals surface area contributed by atoms with E-state index in [2.05, 4.69) is 18.7 Å². The number of fused-ring (bicyclic) bond motifs is 1. The molecule has 0 aliphatic carbocycles. The number of nitrogens with zero attached hydrogens (tertiary/aromatic N) is 4. The van der Waals surface area contributed by atoms with Crippen LogP contribution in [0.25, 0.3) is 0 Å². The fraction of sp³-hybridized carbons (Fsp3) is 0.867. The molecule has 5 nitrogen and oxygen atoms in total. The molecule has 0 aromatic carbocycles. The van der Waals surface area contributed by atoms with Gasteiger partial charge in [-0.2, -0.15) is 5.10 Å². The average molecular weight is 278 g/mol. The molecule has 1 atom stereocenters. The first-order valence-electron chi connectivity index (χ1n) is 7.98. The highest BCUT2D eigenvalue weighted by Crippen LogP contribution is 2.30. The average Bonchev–Trinajstić information content (AvgIpc) is 2.91. The molecule has 0 spiro atoms. The molecule has 3 rings (SSSR count). The van der Waals surface area contributed by atoms with Crippen LogP contribution in [0.1, 0.15) is 63.0 Å². The molecule has 1 aromatic rings. The Morgan fingerprint density at radius 1 is 1.20 bits per heavy atom. The van der Waals surface area contributed by atoms with Crippen molar-refractivity contribution in [3.05, 3.63) is 11.6 Å². The highest BCUT2D eigenvalue weighted by molar-refractivity contribution is 5.07. The van der Waals surface area contributed by atoms with Crippen LogP contribution in [0.4, 0.5) is 0 Å². The number of aliphatic hydroxyl groups is 1. The molecule has 1 aromatic heterocycles. The highest BCUT2D eigenvalue weighted by atomic mass is 16.3. The number of likely N-dealkylation sites (tertiary alicyclic amines) is 1. The van der Waals surface area contributed by atoms with Gasteiger partial charge in [0.25, 0.3) is 0 Å². The quantitative estimate of drug-likeness (QED) is 0.915. The summed E-state index contributed by atoms with van der Waals surface area (Å²) < 4.78 is 2.04. The predicted octanol–water partition coefficient (Wildman–Crippen LogP) is 1.74. The minimum absolute atomic E-state index is 0.195. The number of aryl methyl sites for hydroxylation is 1. The summed E-state index contributed by atoms with van der Waals surface area (Å²) in [4.78, 5) is 7.30. The van der Waals surface area contributed by atoms with Crippen molar-refractivity contribution in [1.82, 2.24) is 19.7 Å². The van der Waals surface area contributed by atoms with Crippen molar-refractivity contribution >= 4 is 0 Å². The zero-order chi connectivity index (χ0) is 14.1. The molecular formula is C15H26N4O. The van der Waals surface area contributed by atoms with Crippen LogP contribution >= 0.6 is 0 Å². The SMILES string of the molecule is CC(C)N1CCC(c2nc3n(n2)CCCC3CO)CC1. The molecule has 112 valence electrons. The van der Waals surface area contributed by atoms with Gasteiger partial charge in [0, 0.05) is 24.4 Å². The molecule has 0 bridgehead atoms. The zero-order valence-electron chi connectivity index (χ0n) is 12.6. The van der Waals surface area contributed by atoms with Crippen LogP contribution in [0.3, 0.4) is 0 Å². The van der Waals surface area contributed by atoms with Gasteiger partial charge in [-0.1, -0.05) is 0 Å². The zero-order valence-corrected chi connectivity index (χ0v) is 12.6. The summed E-state index contributed by atoms with van der Waals surface area (Å²) in [5, 5.41) is 14.2. The Morgan fingerprint density at radius 3 is 2.60 bits per heavy atom. The van der Waals surface area contributed by atoms with Crippen molar-refractivity contribution < 1.29 is 5.11 Å². The van der Waals surface area contributed by atoms with Gasteiger partial charge in [-0.15, -0.1) is 0 Å². The normalized spacial score (nSPS) is 25.1. The summed E-state index contributed by atoms with van der Waals surface area (Å²) in [5.74, 6) is 2.73. The standard InChI is InChI=1S/C15H26N4O/c1-11(2)18-8-5-12(6-9-18)14-16-15-13(10-20)4-3-7-19(15)17-14/h11-13,20H,3-10H2,1-2H3. The molecule has 0 amide bonds. The van der Waals surface area contributed by atoms with Gasteiger partial charge in [0.15, 0.2) is 5.82 Å². The highest BCUT2D eigenvalue weighted by Gasteiger charge is 2.29. The molecular weight excluding hydrogens is 252 g/mol. The fourth-order valence-electron chi connectivity index (χ4n) is 3.48. The molecule has 1 unspecified atom stereocenters. The maximum absolute atomic E-state index is 9.47. The van der Waals surface area contributed by atoms with E-state index in [-0.39, 0.29) is 12.5 Å². The largest absolute Gasteiger partial charge is 0.396 e. The Kier molecular flexibility index (Phi) is 4.08.